The van der Waals surface area contributed by atoms with E-state index in [4.69, 9.17) is 4.42 Å². The molecule has 1 saturated heterocycles. The van der Waals surface area contributed by atoms with Crippen molar-refractivity contribution in [3.63, 3.8) is 0 Å². The Labute approximate surface area is 193 Å². The minimum atomic E-state index is -3.54. The van der Waals surface area contributed by atoms with Gasteiger partial charge in [-0.1, -0.05) is 43.5 Å². The first-order chi connectivity index (χ1) is 15.4. The molecule has 1 aliphatic carbocycles. The molecule has 2 heterocycles. The lowest BCUT2D eigenvalue weighted by molar-refractivity contribution is -0.129. The van der Waals surface area contributed by atoms with Gasteiger partial charge in [0.2, 0.25) is 21.8 Å². The second kappa shape index (κ2) is 10.4. The molecule has 2 fully saturated rings. The summed E-state index contributed by atoms with van der Waals surface area (Å²) in [6.45, 7) is 1.11. The topological polar surface area (TPSA) is 96.6 Å². The lowest BCUT2D eigenvalue weighted by atomic mass is 9.94. The van der Waals surface area contributed by atoms with Gasteiger partial charge in [-0.15, -0.1) is 10.2 Å². The molecule has 32 heavy (non-hydrogen) atoms. The fourth-order valence-electron chi connectivity index (χ4n) is 4.33. The quantitative estimate of drug-likeness (QED) is 0.559. The van der Waals surface area contributed by atoms with Crippen LogP contribution in [0.15, 0.2) is 38.8 Å². The molecule has 174 valence electrons. The zero-order chi connectivity index (χ0) is 22.6. The van der Waals surface area contributed by atoms with E-state index in [9.17, 15) is 13.2 Å². The van der Waals surface area contributed by atoms with E-state index in [0.29, 0.717) is 29.9 Å². The van der Waals surface area contributed by atoms with E-state index in [2.05, 4.69) is 10.2 Å². The van der Waals surface area contributed by atoms with Crippen LogP contribution in [0.4, 0.5) is 0 Å². The molecule has 4 rings (SSSR count). The normalized spacial score (nSPS) is 18.5. The number of amides is 1. The molecule has 1 aromatic heterocycles. The number of hydrogen-bond donors (Lipinski definition) is 0. The van der Waals surface area contributed by atoms with Crippen LogP contribution in [0.2, 0.25) is 0 Å². The van der Waals surface area contributed by atoms with Gasteiger partial charge in [-0.05, 0) is 43.9 Å². The molecule has 0 spiro atoms. The average molecular weight is 479 g/mol. The van der Waals surface area contributed by atoms with Crippen molar-refractivity contribution in [1.29, 1.82) is 0 Å². The van der Waals surface area contributed by atoms with Gasteiger partial charge < -0.3 is 9.32 Å². The summed E-state index contributed by atoms with van der Waals surface area (Å²) in [4.78, 5) is 14.6. The maximum Gasteiger partial charge on any atom is 0.277 e. The Morgan fingerprint density at radius 2 is 1.84 bits per heavy atom. The highest BCUT2D eigenvalue weighted by Gasteiger charge is 2.27. The molecule has 0 atom stereocenters. The van der Waals surface area contributed by atoms with Gasteiger partial charge in [0.05, 0.1) is 10.6 Å². The maximum atomic E-state index is 13.0. The summed E-state index contributed by atoms with van der Waals surface area (Å²) in [6, 6.07) is 6.93. The van der Waals surface area contributed by atoms with Gasteiger partial charge in [-0.25, -0.2) is 8.42 Å². The molecule has 0 unspecified atom stereocenters. The second-order valence-electron chi connectivity index (χ2n) is 8.45. The van der Waals surface area contributed by atoms with Crippen LogP contribution in [0.5, 0.6) is 0 Å². The predicted octanol–water partition coefficient (Wildman–Crippen LogP) is 3.79. The third-order valence-corrected chi connectivity index (χ3v) is 8.97. The molecule has 1 aromatic carbocycles. The van der Waals surface area contributed by atoms with E-state index >= 15 is 0 Å². The molecule has 10 heteroatoms. The highest BCUT2D eigenvalue weighted by atomic mass is 32.2. The van der Waals surface area contributed by atoms with Crippen molar-refractivity contribution < 1.29 is 17.6 Å². The first-order valence-corrected chi connectivity index (χ1v) is 13.7. The number of hydrogen-bond acceptors (Lipinski definition) is 7. The fraction of sp³-hybridized carbons (Fsp3) is 0.591. The summed E-state index contributed by atoms with van der Waals surface area (Å²) in [6.07, 6.45) is 8.56. The smallest absolute Gasteiger partial charge is 0.277 e. The van der Waals surface area contributed by atoms with E-state index in [0.717, 1.165) is 32.1 Å². The number of carbonyl (C=O) groups excluding carboxylic acids is 1. The Hall–Kier alpha value is -1.91. The zero-order valence-electron chi connectivity index (χ0n) is 18.4. The molecular formula is C22H30N4O4S2. The molecule has 8 nitrogen and oxygen atoms in total. The van der Waals surface area contributed by atoms with Crippen LogP contribution >= 0.6 is 11.8 Å². The summed E-state index contributed by atoms with van der Waals surface area (Å²) in [5.74, 6) is 0.533. The molecule has 0 radical (unpaired) electrons. The lowest BCUT2D eigenvalue weighted by Crippen LogP contribution is -2.39. The summed E-state index contributed by atoms with van der Waals surface area (Å²) in [5.41, 5.74) is 0.549. The SMILES string of the molecule is CN(C(=O)CSc1nnc(-c2cccc(S(=O)(=O)N3CCCCC3)c2)o1)C1CCCCC1. The molecule has 0 bridgehead atoms. The summed E-state index contributed by atoms with van der Waals surface area (Å²) in [5, 5.41) is 8.40. The number of sulfonamides is 1. The molecule has 2 aromatic rings. The van der Waals surface area contributed by atoms with E-state index in [1.54, 1.807) is 28.6 Å². The van der Waals surface area contributed by atoms with Gasteiger partial charge in [0.1, 0.15) is 0 Å². The number of rotatable bonds is 7. The number of carbonyl (C=O) groups is 1. The number of thioether (sulfide) groups is 1. The van der Waals surface area contributed by atoms with Crippen LogP contribution < -0.4 is 0 Å². The van der Waals surface area contributed by atoms with Crippen LogP contribution in [-0.4, -0.2) is 65.7 Å². The summed E-state index contributed by atoms with van der Waals surface area (Å²) >= 11 is 1.21. The Bertz CT molecular complexity index is 1030. The summed E-state index contributed by atoms with van der Waals surface area (Å²) in [7, 11) is -1.67. The minimum Gasteiger partial charge on any atom is -0.411 e. The van der Waals surface area contributed by atoms with E-state index < -0.39 is 10.0 Å². The van der Waals surface area contributed by atoms with Crippen molar-refractivity contribution in [3.8, 4) is 11.5 Å². The standard InChI is InChI=1S/C22H30N4O4S2/c1-25(18-10-4-2-5-11-18)20(27)16-31-22-24-23-21(30-22)17-9-8-12-19(15-17)32(28,29)26-13-6-3-7-14-26/h8-9,12,15,18H,2-7,10-11,13-14,16H2,1H3. The first-order valence-electron chi connectivity index (χ1n) is 11.3. The first kappa shape index (κ1) is 23.3. The van der Waals surface area contributed by atoms with Gasteiger partial charge in [0, 0.05) is 31.7 Å². The van der Waals surface area contributed by atoms with Crippen LogP contribution in [0.3, 0.4) is 0 Å². The monoisotopic (exact) mass is 478 g/mol. The van der Waals surface area contributed by atoms with Gasteiger partial charge in [-0.3, -0.25) is 4.79 Å². The van der Waals surface area contributed by atoms with Crippen molar-refractivity contribution in [3.05, 3.63) is 24.3 Å². The molecular weight excluding hydrogens is 448 g/mol. The van der Waals surface area contributed by atoms with E-state index in [-0.39, 0.29) is 22.4 Å². The van der Waals surface area contributed by atoms with Crippen LogP contribution in [0.1, 0.15) is 51.4 Å². The molecule has 2 aliphatic rings. The highest BCUT2D eigenvalue weighted by Crippen LogP contribution is 2.28. The Morgan fingerprint density at radius 1 is 1.12 bits per heavy atom. The van der Waals surface area contributed by atoms with Crippen LogP contribution in [-0.2, 0) is 14.8 Å². The molecule has 1 amide bonds. The van der Waals surface area contributed by atoms with Gasteiger partial charge in [0.15, 0.2) is 0 Å². The van der Waals surface area contributed by atoms with Gasteiger partial charge in [-0.2, -0.15) is 4.31 Å². The highest BCUT2D eigenvalue weighted by molar-refractivity contribution is 7.99. The number of piperidine rings is 1. The zero-order valence-corrected chi connectivity index (χ0v) is 20.0. The predicted molar refractivity (Wildman–Crippen MR) is 123 cm³/mol. The van der Waals surface area contributed by atoms with Crippen molar-refractivity contribution in [2.24, 2.45) is 0 Å². The van der Waals surface area contributed by atoms with Crippen LogP contribution in [0, 0.1) is 0 Å². The third-order valence-electron chi connectivity index (χ3n) is 6.28. The molecule has 1 aliphatic heterocycles. The maximum absolute atomic E-state index is 13.0. The Kier molecular flexibility index (Phi) is 7.52. The second-order valence-corrected chi connectivity index (χ2v) is 11.3. The third kappa shape index (κ3) is 5.35. The van der Waals surface area contributed by atoms with Crippen molar-refractivity contribution >= 4 is 27.7 Å². The summed E-state index contributed by atoms with van der Waals surface area (Å²) < 4.78 is 33.2. The van der Waals surface area contributed by atoms with E-state index in [1.807, 2.05) is 11.9 Å². The van der Waals surface area contributed by atoms with E-state index in [1.165, 1.54) is 31.0 Å². The fourth-order valence-corrected chi connectivity index (χ4v) is 6.58. The van der Waals surface area contributed by atoms with Crippen molar-refractivity contribution in [2.45, 2.75) is 67.5 Å². The van der Waals surface area contributed by atoms with Crippen LogP contribution in [0.25, 0.3) is 11.5 Å². The average Bonchev–Trinajstić information content (AvgIpc) is 3.32. The lowest BCUT2D eigenvalue weighted by Gasteiger charge is -2.31. The Balaban J connectivity index is 1.40. The minimum absolute atomic E-state index is 0.0521. The number of benzene rings is 1. The molecule has 0 N–H and O–H groups in total. The van der Waals surface area contributed by atoms with Gasteiger partial charge in [0.25, 0.3) is 5.22 Å². The Morgan fingerprint density at radius 3 is 2.59 bits per heavy atom. The van der Waals surface area contributed by atoms with Gasteiger partial charge >= 0.3 is 0 Å². The van der Waals surface area contributed by atoms with Crippen molar-refractivity contribution in [2.75, 3.05) is 25.9 Å². The van der Waals surface area contributed by atoms with Crippen molar-refractivity contribution in [1.82, 2.24) is 19.4 Å². The number of aromatic nitrogens is 2. The largest absolute Gasteiger partial charge is 0.411 e. The molecule has 1 saturated carbocycles. The number of nitrogens with zero attached hydrogens (tertiary/aromatic N) is 4.